The van der Waals surface area contributed by atoms with Gasteiger partial charge in [0.2, 0.25) is 0 Å². The molecule has 0 fully saturated rings. The number of nitrogens with zero attached hydrogens (tertiary/aromatic N) is 1. The van der Waals surface area contributed by atoms with Gasteiger partial charge in [-0.2, -0.15) is 0 Å². The van der Waals surface area contributed by atoms with E-state index in [4.69, 9.17) is 16.6 Å². The largest absolute Gasteiger partial charge is 0.441 e. The molecule has 0 amide bonds. The van der Waals surface area contributed by atoms with Gasteiger partial charge >= 0.3 is 0 Å². The Kier molecular flexibility index (Phi) is 4.34. The molecule has 0 bridgehead atoms. The Balaban J connectivity index is 1.54. The van der Waals surface area contributed by atoms with Gasteiger partial charge in [-0.15, -0.1) is 0 Å². The van der Waals surface area contributed by atoms with E-state index in [2.05, 4.69) is 27.8 Å². The van der Waals surface area contributed by atoms with Crippen molar-refractivity contribution in [2.75, 3.05) is 11.9 Å². The van der Waals surface area contributed by atoms with Gasteiger partial charge in [0.05, 0.1) is 0 Å². The topological polar surface area (TPSA) is 50.1 Å². The van der Waals surface area contributed by atoms with Crippen molar-refractivity contribution in [3.63, 3.8) is 0 Å². The summed E-state index contributed by atoms with van der Waals surface area (Å²) in [5.41, 5.74) is 3.80. The quantitative estimate of drug-likeness (QED) is 0.720. The number of thiocarbonyl (C=S) groups is 1. The first kappa shape index (κ1) is 14.5. The third kappa shape index (κ3) is 3.62. The van der Waals surface area contributed by atoms with E-state index in [1.807, 2.05) is 43.3 Å². The van der Waals surface area contributed by atoms with Crippen LogP contribution in [0.3, 0.4) is 0 Å². The zero-order valence-electron chi connectivity index (χ0n) is 12.3. The molecule has 0 aliphatic rings. The first-order valence-corrected chi connectivity index (χ1v) is 7.57. The second-order valence-corrected chi connectivity index (χ2v) is 5.44. The molecule has 0 unspecified atom stereocenters. The summed E-state index contributed by atoms with van der Waals surface area (Å²) in [4.78, 5) is 4.31. The van der Waals surface area contributed by atoms with Crippen LogP contribution >= 0.6 is 12.2 Å². The third-order valence-electron chi connectivity index (χ3n) is 3.29. The second-order valence-electron chi connectivity index (χ2n) is 5.03. The lowest BCUT2D eigenvalue weighted by molar-refractivity contribution is 0.561. The number of anilines is 1. The highest BCUT2D eigenvalue weighted by atomic mass is 32.1. The lowest BCUT2D eigenvalue weighted by atomic mass is 10.1. The summed E-state index contributed by atoms with van der Waals surface area (Å²) in [6, 6.07) is 16.1. The summed E-state index contributed by atoms with van der Waals surface area (Å²) in [6.45, 7) is 2.63. The van der Waals surface area contributed by atoms with Crippen LogP contribution in [-0.4, -0.2) is 16.6 Å². The van der Waals surface area contributed by atoms with Crippen molar-refractivity contribution in [2.24, 2.45) is 0 Å². The molecule has 5 heteroatoms. The fourth-order valence-corrected chi connectivity index (χ4v) is 2.48. The molecule has 3 aromatic rings. The van der Waals surface area contributed by atoms with Crippen LogP contribution < -0.4 is 10.6 Å². The zero-order valence-corrected chi connectivity index (χ0v) is 13.1. The van der Waals surface area contributed by atoms with E-state index in [0.717, 1.165) is 29.8 Å². The molecule has 2 aromatic carbocycles. The van der Waals surface area contributed by atoms with Crippen molar-refractivity contribution in [1.29, 1.82) is 0 Å². The van der Waals surface area contributed by atoms with Crippen LogP contribution in [0, 0.1) is 6.92 Å². The first-order chi connectivity index (χ1) is 10.7. The number of rotatable bonds is 4. The zero-order chi connectivity index (χ0) is 15.4. The number of hydrogen-bond acceptors (Lipinski definition) is 3. The third-order valence-corrected chi connectivity index (χ3v) is 3.54. The van der Waals surface area contributed by atoms with Crippen LogP contribution in [0.5, 0.6) is 0 Å². The Morgan fingerprint density at radius 1 is 1.18 bits per heavy atom. The van der Waals surface area contributed by atoms with Crippen LogP contribution in [0.2, 0.25) is 0 Å². The van der Waals surface area contributed by atoms with E-state index in [1.54, 1.807) is 0 Å². The predicted molar refractivity (Wildman–Crippen MR) is 93.1 cm³/mol. The van der Waals surface area contributed by atoms with Crippen molar-refractivity contribution >= 4 is 34.1 Å². The van der Waals surface area contributed by atoms with E-state index in [-0.39, 0.29) is 0 Å². The average molecular weight is 311 g/mol. The van der Waals surface area contributed by atoms with Crippen LogP contribution in [-0.2, 0) is 6.42 Å². The molecule has 2 N–H and O–H groups in total. The Morgan fingerprint density at radius 3 is 2.82 bits per heavy atom. The maximum Gasteiger partial charge on any atom is 0.192 e. The molecule has 0 saturated carbocycles. The highest BCUT2D eigenvalue weighted by molar-refractivity contribution is 7.80. The van der Waals surface area contributed by atoms with E-state index in [9.17, 15) is 0 Å². The van der Waals surface area contributed by atoms with Gasteiger partial charge in [-0.25, -0.2) is 4.98 Å². The Labute approximate surface area is 134 Å². The van der Waals surface area contributed by atoms with Crippen LogP contribution in [0.4, 0.5) is 5.69 Å². The normalized spacial score (nSPS) is 10.6. The van der Waals surface area contributed by atoms with Gasteiger partial charge < -0.3 is 15.1 Å². The fourth-order valence-electron chi connectivity index (χ4n) is 2.26. The van der Waals surface area contributed by atoms with Crippen molar-refractivity contribution in [1.82, 2.24) is 10.3 Å². The molecular formula is C17H17N3OS. The number of oxazole rings is 1. The molecule has 112 valence electrons. The maximum absolute atomic E-state index is 5.45. The van der Waals surface area contributed by atoms with Gasteiger partial charge in [0.25, 0.3) is 0 Å². The standard InChI is InChI=1S/C17H17N3OS/c1-12-19-15-11-14(7-8-16(15)21-12)20-17(22)18-10-9-13-5-3-2-4-6-13/h2-8,11H,9-10H2,1H3,(H2,18,20,22). The summed E-state index contributed by atoms with van der Waals surface area (Å²) in [7, 11) is 0. The van der Waals surface area contributed by atoms with Gasteiger partial charge in [0.15, 0.2) is 16.6 Å². The minimum atomic E-state index is 0.607. The molecule has 22 heavy (non-hydrogen) atoms. The first-order valence-electron chi connectivity index (χ1n) is 7.17. The van der Waals surface area contributed by atoms with Crippen molar-refractivity contribution in [3.8, 4) is 0 Å². The van der Waals surface area contributed by atoms with E-state index in [1.165, 1.54) is 5.56 Å². The number of hydrogen-bond donors (Lipinski definition) is 2. The molecule has 1 heterocycles. The molecule has 0 aliphatic heterocycles. The van der Waals surface area contributed by atoms with Crippen molar-refractivity contribution in [2.45, 2.75) is 13.3 Å². The summed E-state index contributed by atoms with van der Waals surface area (Å²) in [5, 5.41) is 6.98. The smallest absolute Gasteiger partial charge is 0.192 e. The van der Waals surface area contributed by atoms with Gasteiger partial charge in [0, 0.05) is 19.2 Å². The minimum Gasteiger partial charge on any atom is -0.441 e. The lowest BCUT2D eigenvalue weighted by Crippen LogP contribution is -2.30. The van der Waals surface area contributed by atoms with E-state index >= 15 is 0 Å². The van der Waals surface area contributed by atoms with Gasteiger partial charge in [-0.1, -0.05) is 30.3 Å². The fraction of sp³-hybridized carbons (Fsp3) is 0.176. The number of nitrogens with one attached hydrogen (secondary N) is 2. The van der Waals surface area contributed by atoms with Crippen LogP contribution in [0.15, 0.2) is 52.9 Å². The average Bonchev–Trinajstić information content (AvgIpc) is 2.87. The molecule has 3 rings (SSSR count). The van der Waals surface area contributed by atoms with Crippen LogP contribution in [0.25, 0.3) is 11.1 Å². The summed E-state index contributed by atoms with van der Waals surface area (Å²) < 4.78 is 5.45. The molecule has 0 saturated heterocycles. The molecule has 0 aliphatic carbocycles. The summed E-state index contributed by atoms with van der Waals surface area (Å²) >= 11 is 5.31. The number of aryl methyl sites for hydroxylation is 1. The number of benzene rings is 2. The molecule has 0 radical (unpaired) electrons. The van der Waals surface area contributed by atoms with Crippen molar-refractivity contribution < 1.29 is 4.42 Å². The molecule has 4 nitrogen and oxygen atoms in total. The monoisotopic (exact) mass is 311 g/mol. The lowest BCUT2D eigenvalue weighted by Gasteiger charge is -2.10. The Morgan fingerprint density at radius 2 is 2.00 bits per heavy atom. The molecular weight excluding hydrogens is 294 g/mol. The predicted octanol–water partition coefficient (Wildman–Crippen LogP) is 3.67. The Bertz CT molecular complexity index is 783. The summed E-state index contributed by atoms with van der Waals surface area (Å²) in [5.74, 6) is 0.663. The number of fused-ring (bicyclic) bond motifs is 1. The van der Waals surface area contributed by atoms with Gasteiger partial charge in [-0.3, -0.25) is 0 Å². The van der Waals surface area contributed by atoms with Gasteiger partial charge in [-0.05, 0) is 42.4 Å². The van der Waals surface area contributed by atoms with Gasteiger partial charge in [0.1, 0.15) is 5.52 Å². The number of aromatic nitrogens is 1. The Hall–Kier alpha value is -2.40. The van der Waals surface area contributed by atoms with E-state index in [0.29, 0.717) is 11.0 Å². The SMILES string of the molecule is Cc1nc2cc(NC(=S)NCCc3ccccc3)ccc2o1. The second kappa shape index (κ2) is 6.58. The summed E-state index contributed by atoms with van der Waals surface area (Å²) in [6.07, 6.45) is 0.935. The molecule has 0 spiro atoms. The minimum absolute atomic E-state index is 0.607. The highest BCUT2D eigenvalue weighted by Crippen LogP contribution is 2.19. The highest BCUT2D eigenvalue weighted by Gasteiger charge is 2.04. The van der Waals surface area contributed by atoms with E-state index < -0.39 is 0 Å². The van der Waals surface area contributed by atoms with Crippen molar-refractivity contribution in [3.05, 3.63) is 60.0 Å². The molecule has 1 aromatic heterocycles. The van der Waals surface area contributed by atoms with Crippen LogP contribution in [0.1, 0.15) is 11.5 Å². The maximum atomic E-state index is 5.45. The molecule has 0 atom stereocenters.